The number of rotatable bonds is 3. The molecule has 2 fully saturated rings. The first-order valence-corrected chi connectivity index (χ1v) is 8.07. The van der Waals surface area contributed by atoms with Crippen molar-refractivity contribution in [3.8, 4) is 0 Å². The van der Waals surface area contributed by atoms with E-state index in [1.165, 1.54) is 32.1 Å². The summed E-state index contributed by atoms with van der Waals surface area (Å²) in [5.41, 5.74) is 0. The van der Waals surface area contributed by atoms with Crippen molar-refractivity contribution in [2.75, 3.05) is 19.6 Å². The van der Waals surface area contributed by atoms with Crippen molar-refractivity contribution < 1.29 is 9.59 Å². The van der Waals surface area contributed by atoms with Crippen LogP contribution in [0.1, 0.15) is 57.8 Å². The summed E-state index contributed by atoms with van der Waals surface area (Å²) < 4.78 is 0. The lowest BCUT2D eigenvalue weighted by Crippen LogP contribution is -2.47. The molecule has 0 spiro atoms. The number of carbonyl (C=O) groups excluding carboxylic acids is 2. The average molecular weight is 281 g/mol. The van der Waals surface area contributed by atoms with Crippen molar-refractivity contribution in [2.24, 2.45) is 0 Å². The quantitative estimate of drug-likeness (QED) is 0.832. The zero-order valence-electron chi connectivity index (χ0n) is 12.3. The lowest BCUT2D eigenvalue weighted by atomic mass is 10.1. The SMILES string of the molecule is O=C(CN1CCCCCCC1)NC(=O)NC1CCCC1. The zero-order valence-corrected chi connectivity index (χ0v) is 12.3. The van der Waals surface area contributed by atoms with Crippen LogP contribution in [-0.2, 0) is 4.79 Å². The molecule has 5 nitrogen and oxygen atoms in total. The van der Waals surface area contributed by atoms with E-state index in [-0.39, 0.29) is 18.0 Å². The molecule has 2 aliphatic rings. The Morgan fingerprint density at radius 1 is 0.900 bits per heavy atom. The summed E-state index contributed by atoms with van der Waals surface area (Å²) in [5, 5.41) is 5.34. The van der Waals surface area contributed by atoms with E-state index >= 15 is 0 Å². The van der Waals surface area contributed by atoms with Gasteiger partial charge in [-0.1, -0.05) is 32.1 Å². The molecule has 1 saturated heterocycles. The van der Waals surface area contributed by atoms with Gasteiger partial charge in [0.2, 0.25) is 5.91 Å². The lowest BCUT2D eigenvalue weighted by molar-refractivity contribution is -0.121. The number of hydrogen-bond donors (Lipinski definition) is 2. The van der Waals surface area contributed by atoms with Gasteiger partial charge in [-0.2, -0.15) is 0 Å². The molecule has 1 aliphatic heterocycles. The third-order valence-corrected chi connectivity index (χ3v) is 4.26. The number of likely N-dealkylation sites (tertiary alicyclic amines) is 1. The van der Waals surface area contributed by atoms with E-state index in [9.17, 15) is 9.59 Å². The smallest absolute Gasteiger partial charge is 0.321 e. The van der Waals surface area contributed by atoms with E-state index in [1.807, 2.05) is 0 Å². The monoisotopic (exact) mass is 281 g/mol. The second-order valence-electron chi connectivity index (χ2n) is 6.05. The third-order valence-electron chi connectivity index (χ3n) is 4.26. The van der Waals surface area contributed by atoms with Gasteiger partial charge in [0.15, 0.2) is 0 Å². The van der Waals surface area contributed by atoms with Gasteiger partial charge in [-0.15, -0.1) is 0 Å². The summed E-state index contributed by atoms with van der Waals surface area (Å²) in [4.78, 5) is 25.8. The summed E-state index contributed by atoms with van der Waals surface area (Å²) in [6.45, 7) is 2.29. The summed E-state index contributed by atoms with van der Waals surface area (Å²) in [6.07, 6.45) is 10.5. The van der Waals surface area contributed by atoms with Crippen molar-refractivity contribution in [2.45, 2.75) is 63.8 Å². The minimum atomic E-state index is -0.325. The molecule has 1 heterocycles. The second-order valence-corrected chi connectivity index (χ2v) is 6.05. The minimum absolute atomic E-state index is 0.180. The second kappa shape index (κ2) is 8.25. The Morgan fingerprint density at radius 2 is 1.50 bits per heavy atom. The van der Waals surface area contributed by atoms with E-state index in [1.54, 1.807) is 0 Å². The third kappa shape index (κ3) is 5.49. The van der Waals surface area contributed by atoms with Crippen molar-refractivity contribution >= 4 is 11.9 Å². The number of urea groups is 1. The van der Waals surface area contributed by atoms with E-state index in [4.69, 9.17) is 0 Å². The molecule has 1 aliphatic carbocycles. The molecule has 5 heteroatoms. The first-order valence-electron chi connectivity index (χ1n) is 8.07. The van der Waals surface area contributed by atoms with Gasteiger partial charge in [-0.05, 0) is 38.8 Å². The maximum absolute atomic E-state index is 11.9. The van der Waals surface area contributed by atoms with Crippen LogP contribution in [0.15, 0.2) is 0 Å². The Kier molecular flexibility index (Phi) is 6.30. The topological polar surface area (TPSA) is 61.4 Å². The van der Waals surface area contributed by atoms with Gasteiger partial charge >= 0.3 is 6.03 Å². The molecule has 0 bridgehead atoms. The molecule has 2 N–H and O–H groups in total. The molecule has 0 atom stereocenters. The predicted molar refractivity (Wildman–Crippen MR) is 78.5 cm³/mol. The number of nitrogens with one attached hydrogen (secondary N) is 2. The number of hydrogen-bond acceptors (Lipinski definition) is 3. The lowest BCUT2D eigenvalue weighted by Gasteiger charge is -2.23. The highest BCUT2D eigenvalue weighted by molar-refractivity contribution is 5.95. The fraction of sp³-hybridized carbons (Fsp3) is 0.867. The highest BCUT2D eigenvalue weighted by Gasteiger charge is 2.19. The standard InChI is InChI=1S/C15H27N3O2/c19-14(12-18-10-6-2-1-3-7-11-18)17-15(20)16-13-8-4-5-9-13/h13H,1-12H2,(H2,16,17,19,20). The largest absolute Gasteiger partial charge is 0.335 e. The highest BCUT2D eigenvalue weighted by atomic mass is 16.2. The summed E-state index contributed by atoms with van der Waals surface area (Å²) in [5.74, 6) is -0.180. The number of nitrogens with zero attached hydrogens (tertiary/aromatic N) is 1. The number of amides is 3. The van der Waals surface area contributed by atoms with Crippen LogP contribution < -0.4 is 10.6 Å². The van der Waals surface area contributed by atoms with E-state index in [2.05, 4.69) is 15.5 Å². The van der Waals surface area contributed by atoms with Crippen molar-refractivity contribution in [1.82, 2.24) is 15.5 Å². The summed E-state index contributed by atoms with van der Waals surface area (Å²) in [7, 11) is 0. The van der Waals surface area contributed by atoms with Gasteiger partial charge in [-0.25, -0.2) is 4.79 Å². The molecule has 0 aromatic rings. The van der Waals surface area contributed by atoms with Crippen LogP contribution in [0.3, 0.4) is 0 Å². The molecule has 3 amide bonds. The van der Waals surface area contributed by atoms with Crippen LogP contribution >= 0.6 is 0 Å². The molecule has 0 aromatic heterocycles. The molecular formula is C15H27N3O2. The Hall–Kier alpha value is -1.10. The predicted octanol–water partition coefficient (Wildman–Crippen LogP) is 2.02. The Labute approximate surface area is 121 Å². The highest BCUT2D eigenvalue weighted by Crippen LogP contribution is 2.17. The first kappa shape index (κ1) is 15.3. The van der Waals surface area contributed by atoms with Gasteiger partial charge in [0.05, 0.1) is 6.54 Å². The maximum Gasteiger partial charge on any atom is 0.321 e. The zero-order chi connectivity index (χ0) is 14.2. The van der Waals surface area contributed by atoms with Crippen LogP contribution in [0.5, 0.6) is 0 Å². The molecule has 1 saturated carbocycles. The Morgan fingerprint density at radius 3 is 2.15 bits per heavy atom. The fourth-order valence-electron chi connectivity index (χ4n) is 3.13. The van der Waals surface area contributed by atoms with Crippen LogP contribution in [0.2, 0.25) is 0 Å². The van der Waals surface area contributed by atoms with Crippen LogP contribution in [0.25, 0.3) is 0 Å². The summed E-state index contributed by atoms with van der Waals surface area (Å²) >= 11 is 0. The van der Waals surface area contributed by atoms with Gasteiger partial charge in [-0.3, -0.25) is 15.0 Å². The van der Waals surface area contributed by atoms with E-state index in [0.29, 0.717) is 6.54 Å². The molecule has 20 heavy (non-hydrogen) atoms. The Balaban J connectivity index is 1.66. The van der Waals surface area contributed by atoms with Gasteiger partial charge < -0.3 is 5.32 Å². The maximum atomic E-state index is 11.9. The molecule has 114 valence electrons. The van der Waals surface area contributed by atoms with Gasteiger partial charge in [0.25, 0.3) is 0 Å². The number of imide groups is 1. The van der Waals surface area contributed by atoms with Gasteiger partial charge in [0, 0.05) is 6.04 Å². The summed E-state index contributed by atoms with van der Waals surface area (Å²) in [6, 6.07) is -0.0709. The fourth-order valence-corrected chi connectivity index (χ4v) is 3.13. The van der Waals surface area contributed by atoms with Crippen molar-refractivity contribution in [3.05, 3.63) is 0 Å². The molecule has 0 unspecified atom stereocenters. The first-order chi connectivity index (χ1) is 9.74. The van der Waals surface area contributed by atoms with Crippen LogP contribution in [0, 0.1) is 0 Å². The minimum Gasteiger partial charge on any atom is -0.335 e. The van der Waals surface area contributed by atoms with Crippen molar-refractivity contribution in [3.63, 3.8) is 0 Å². The van der Waals surface area contributed by atoms with Crippen LogP contribution in [0.4, 0.5) is 4.79 Å². The van der Waals surface area contributed by atoms with Gasteiger partial charge in [0.1, 0.15) is 0 Å². The Bertz CT molecular complexity index is 319. The molecule has 0 radical (unpaired) electrons. The van der Waals surface area contributed by atoms with Crippen molar-refractivity contribution in [1.29, 1.82) is 0 Å². The normalized spacial score (nSPS) is 22.0. The van der Waals surface area contributed by atoms with Crippen LogP contribution in [-0.4, -0.2) is 42.5 Å². The average Bonchev–Trinajstić information content (AvgIpc) is 2.84. The number of carbonyl (C=O) groups is 2. The van der Waals surface area contributed by atoms with E-state index in [0.717, 1.165) is 38.8 Å². The molecule has 2 rings (SSSR count). The molecular weight excluding hydrogens is 254 g/mol. The van der Waals surface area contributed by atoms with E-state index < -0.39 is 0 Å². The molecule has 0 aromatic carbocycles.